The summed E-state index contributed by atoms with van der Waals surface area (Å²) in [5, 5.41) is 0. The summed E-state index contributed by atoms with van der Waals surface area (Å²) in [6.45, 7) is 2.08. The van der Waals surface area contributed by atoms with E-state index in [2.05, 4.69) is 16.7 Å². The second kappa shape index (κ2) is 6.80. The van der Waals surface area contributed by atoms with E-state index in [1.165, 1.54) is 0 Å². The molecule has 1 aromatic carbocycles. The molecule has 3 fully saturated rings. The Labute approximate surface area is 165 Å². The van der Waals surface area contributed by atoms with Crippen LogP contribution in [0.4, 0.5) is 0 Å². The molecule has 28 heavy (non-hydrogen) atoms. The zero-order valence-corrected chi connectivity index (χ0v) is 16.2. The first-order chi connectivity index (χ1) is 13.7. The van der Waals surface area contributed by atoms with Crippen LogP contribution in [0.2, 0.25) is 0 Å². The standard InChI is InChI=1S/C23H27N3O2/c27-21(20-9-4-15-25(20)19-10-11-19)26-16-6-13-23(26)12-5-14-24(22(23)28)17-18-7-2-1-3-8-18/h1-4,7-9,15,19H,5-6,10-14,16-17H2. The van der Waals surface area contributed by atoms with Crippen LogP contribution < -0.4 is 0 Å². The lowest BCUT2D eigenvalue weighted by atomic mass is 9.85. The number of likely N-dealkylation sites (tertiary alicyclic amines) is 2. The van der Waals surface area contributed by atoms with Gasteiger partial charge in [-0.05, 0) is 56.2 Å². The molecule has 5 heteroatoms. The number of hydrogen-bond acceptors (Lipinski definition) is 2. The van der Waals surface area contributed by atoms with E-state index < -0.39 is 5.54 Å². The molecule has 1 unspecified atom stereocenters. The van der Waals surface area contributed by atoms with Crippen molar-refractivity contribution < 1.29 is 9.59 Å². The molecule has 2 saturated heterocycles. The van der Waals surface area contributed by atoms with Gasteiger partial charge in [0.15, 0.2) is 0 Å². The lowest BCUT2D eigenvalue weighted by molar-refractivity contribution is -0.146. The molecule has 3 heterocycles. The zero-order chi connectivity index (χ0) is 19.1. The Kier molecular flexibility index (Phi) is 4.26. The van der Waals surface area contributed by atoms with Crippen LogP contribution in [-0.4, -0.2) is 44.8 Å². The van der Waals surface area contributed by atoms with E-state index in [-0.39, 0.29) is 11.8 Å². The van der Waals surface area contributed by atoms with Crippen LogP contribution in [0.3, 0.4) is 0 Å². The first-order valence-corrected chi connectivity index (χ1v) is 10.5. The topological polar surface area (TPSA) is 45.6 Å². The fourth-order valence-corrected chi connectivity index (χ4v) is 5.06. The van der Waals surface area contributed by atoms with E-state index in [4.69, 9.17) is 0 Å². The third kappa shape index (κ3) is 2.84. The van der Waals surface area contributed by atoms with E-state index in [1.807, 2.05) is 46.3 Å². The summed E-state index contributed by atoms with van der Waals surface area (Å²) < 4.78 is 2.11. The van der Waals surface area contributed by atoms with Gasteiger partial charge in [-0.2, -0.15) is 0 Å². The Morgan fingerprint density at radius 3 is 2.50 bits per heavy atom. The molecule has 0 radical (unpaired) electrons. The monoisotopic (exact) mass is 377 g/mol. The molecule has 1 aromatic heterocycles. The van der Waals surface area contributed by atoms with E-state index in [0.29, 0.717) is 19.1 Å². The zero-order valence-electron chi connectivity index (χ0n) is 16.2. The summed E-state index contributed by atoms with van der Waals surface area (Å²) in [6.07, 6.45) is 7.72. The molecule has 5 rings (SSSR count). The summed E-state index contributed by atoms with van der Waals surface area (Å²) >= 11 is 0. The molecule has 1 spiro atoms. The minimum absolute atomic E-state index is 0.0318. The molecule has 2 aromatic rings. The Morgan fingerprint density at radius 2 is 1.75 bits per heavy atom. The molecular weight excluding hydrogens is 350 g/mol. The number of carbonyl (C=O) groups excluding carboxylic acids is 2. The quantitative estimate of drug-likeness (QED) is 0.817. The maximum atomic E-state index is 13.6. The van der Waals surface area contributed by atoms with Crippen molar-refractivity contribution >= 4 is 11.8 Å². The fraction of sp³-hybridized carbons (Fsp3) is 0.478. The lowest BCUT2D eigenvalue weighted by Gasteiger charge is -2.44. The number of aromatic nitrogens is 1. The molecule has 0 bridgehead atoms. The normalized spacial score (nSPS) is 24.9. The van der Waals surface area contributed by atoms with Gasteiger partial charge in [0.1, 0.15) is 11.2 Å². The predicted molar refractivity (Wildman–Crippen MR) is 107 cm³/mol. The maximum absolute atomic E-state index is 13.6. The highest BCUT2D eigenvalue weighted by Crippen LogP contribution is 2.41. The minimum atomic E-state index is -0.650. The van der Waals surface area contributed by atoms with Gasteiger partial charge in [-0.1, -0.05) is 30.3 Å². The number of piperidine rings is 1. The van der Waals surface area contributed by atoms with Crippen LogP contribution in [0.15, 0.2) is 48.7 Å². The first kappa shape index (κ1) is 17.5. The molecule has 5 nitrogen and oxygen atoms in total. The number of benzene rings is 1. The second-order valence-electron chi connectivity index (χ2n) is 8.44. The van der Waals surface area contributed by atoms with Crippen LogP contribution in [0.1, 0.15) is 60.6 Å². The van der Waals surface area contributed by atoms with Gasteiger partial charge >= 0.3 is 0 Å². The highest BCUT2D eigenvalue weighted by molar-refractivity contribution is 5.99. The third-order valence-corrected chi connectivity index (χ3v) is 6.59. The molecule has 1 atom stereocenters. The molecule has 0 N–H and O–H groups in total. The van der Waals surface area contributed by atoms with Gasteiger partial charge in [0, 0.05) is 31.9 Å². The van der Waals surface area contributed by atoms with Crippen molar-refractivity contribution in [1.82, 2.24) is 14.4 Å². The van der Waals surface area contributed by atoms with E-state index in [9.17, 15) is 9.59 Å². The van der Waals surface area contributed by atoms with Crippen molar-refractivity contribution in [3.8, 4) is 0 Å². The average Bonchev–Trinajstić information content (AvgIpc) is 3.29. The van der Waals surface area contributed by atoms with E-state index in [0.717, 1.165) is 56.3 Å². The van der Waals surface area contributed by atoms with Crippen LogP contribution in [0, 0.1) is 0 Å². The van der Waals surface area contributed by atoms with Crippen molar-refractivity contribution in [3.63, 3.8) is 0 Å². The average molecular weight is 377 g/mol. The SMILES string of the molecule is O=C(c1cccn1C1CC1)N1CCCC12CCCN(Cc1ccccc1)C2=O. The van der Waals surface area contributed by atoms with Gasteiger partial charge in [-0.15, -0.1) is 0 Å². The van der Waals surface area contributed by atoms with Gasteiger partial charge in [0.2, 0.25) is 5.91 Å². The molecule has 1 aliphatic carbocycles. The first-order valence-electron chi connectivity index (χ1n) is 10.5. The van der Waals surface area contributed by atoms with Crippen molar-refractivity contribution in [2.75, 3.05) is 13.1 Å². The van der Waals surface area contributed by atoms with Crippen molar-refractivity contribution in [3.05, 3.63) is 59.9 Å². The third-order valence-electron chi connectivity index (χ3n) is 6.59. The molecule has 3 aliphatic rings. The number of nitrogens with zero attached hydrogens (tertiary/aromatic N) is 3. The number of hydrogen-bond donors (Lipinski definition) is 0. The Hall–Kier alpha value is -2.56. The summed E-state index contributed by atoms with van der Waals surface area (Å²) in [6, 6.07) is 14.5. The van der Waals surface area contributed by atoms with Gasteiger partial charge in [0.25, 0.3) is 5.91 Å². The van der Waals surface area contributed by atoms with Gasteiger partial charge in [-0.25, -0.2) is 0 Å². The van der Waals surface area contributed by atoms with Gasteiger partial charge < -0.3 is 14.4 Å². The highest BCUT2D eigenvalue weighted by atomic mass is 16.2. The molecule has 1 saturated carbocycles. The largest absolute Gasteiger partial charge is 0.340 e. The van der Waals surface area contributed by atoms with E-state index >= 15 is 0 Å². The number of carbonyl (C=O) groups is 2. The highest BCUT2D eigenvalue weighted by Gasteiger charge is 2.53. The summed E-state index contributed by atoms with van der Waals surface area (Å²) in [5.41, 5.74) is 1.24. The summed E-state index contributed by atoms with van der Waals surface area (Å²) in [5.74, 6) is 0.169. The molecule has 146 valence electrons. The van der Waals surface area contributed by atoms with Crippen LogP contribution in [-0.2, 0) is 11.3 Å². The van der Waals surface area contributed by atoms with Crippen LogP contribution in [0.5, 0.6) is 0 Å². The second-order valence-corrected chi connectivity index (χ2v) is 8.44. The van der Waals surface area contributed by atoms with Gasteiger partial charge in [0.05, 0.1) is 0 Å². The predicted octanol–water partition coefficient (Wildman–Crippen LogP) is 3.62. The smallest absolute Gasteiger partial charge is 0.271 e. The Balaban J connectivity index is 1.41. The van der Waals surface area contributed by atoms with E-state index in [1.54, 1.807) is 0 Å². The molecule has 2 aliphatic heterocycles. The lowest BCUT2D eigenvalue weighted by Crippen LogP contribution is -2.61. The number of amides is 2. The van der Waals surface area contributed by atoms with Crippen LogP contribution >= 0.6 is 0 Å². The Bertz CT molecular complexity index is 886. The van der Waals surface area contributed by atoms with Crippen molar-refractivity contribution in [2.45, 2.75) is 56.7 Å². The van der Waals surface area contributed by atoms with Crippen molar-refractivity contribution in [2.24, 2.45) is 0 Å². The number of rotatable bonds is 4. The van der Waals surface area contributed by atoms with Crippen molar-refractivity contribution in [1.29, 1.82) is 0 Å². The molecular formula is C23H27N3O2. The summed E-state index contributed by atoms with van der Waals surface area (Å²) in [4.78, 5) is 30.9. The maximum Gasteiger partial charge on any atom is 0.271 e. The fourth-order valence-electron chi connectivity index (χ4n) is 5.06. The Morgan fingerprint density at radius 1 is 1.00 bits per heavy atom. The van der Waals surface area contributed by atoms with Crippen LogP contribution in [0.25, 0.3) is 0 Å². The molecule has 2 amide bonds. The summed E-state index contributed by atoms with van der Waals surface area (Å²) in [7, 11) is 0. The minimum Gasteiger partial charge on any atom is -0.340 e. The van der Waals surface area contributed by atoms with Gasteiger partial charge in [-0.3, -0.25) is 9.59 Å².